The number of fused-ring (bicyclic) bond motifs is 1. The third-order valence-corrected chi connectivity index (χ3v) is 5.77. The summed E-state index contributed by atoms with van der Waals surface area (Å²) >= 11 is 0. The summed E-state index contributed by atoms with van der Waals surface area (Å²) in [6, 6.07) is 13.8. The molecule has 1 heterocycles. The van der Waals surface area contributed by atoms with Crippen molar-refractivity contribution in [1.29, 1.82) is 0 Å². The van der Waals surface area contributed by atoms with Crippen LogP contribution in [0.3, 0.4) is 0 Å². The highest BCUT2D eigenvalue weighted by molar-refractivity contribution is 5.92. The van der Waals surface area contributed by atoms with Gasteiger partial charge in [0.1, 0.15) is 0 Å². The lowest BCUT2D eigenvalue weighted by atomic mass is 9.72. The quantitative estimate of drug-likeness (QED) is 0.652. The first-order valence-electron chi connectivity index (χ1n) is 10.9. The van der Waals surface area contributed by atoms with Crippen LogP contribution in [0.15, 0.2) is 42.5 Å². The first-order chi connectivity index (χ1) is 14.7. The highest BCUT2D eigenvalue weighted by atomic mass is 16.5. The summed E-state index contributed by atoms with van der Waals surface area (Å²) in [7, 11) is 1.65. The maximum Gasteiger partial charge on any atom is 0.338 e. The standard InChI is InChI=1S/C25H33N3O3/c1-7-31-23(29)18-11-12-21-19(13-18)15-25(4,5)22(27-21)17-9-8-10-20(14-17)28(16(2)3)24(30)26-6/h8-14,16,22,27H,7,15H2,1-6H3,(H,26,30). The summed E-state index contributed by atoms with van der Waals surface area (Å²) in [5.41, 5.74) is 4.60. The largest absolute Gasteiger partial charge is 0.462 e. The number of hydrogen-bond acceptors (Lipinski definition) is 4. The SMILES string of the molecule is CCOC(=O)c1ccc2c(c1)CC(C)(C)C(c1cccc(N(C(=O)NC)C(C)C)c1)N2. The molecule has 2 aromatic rings. The molecular weight excluding hydrogens is 390 g/mol. The van der Waals surface area contributed by atoms with E-state index in [1.54, 1.807) is 11.9 Å². The maximum absolute atomic E-state index is 12.4. The number of nitrogens with zero attached hydrogens (tertiary/aromatic N) is 1. The Morgan fingerprint density at radius 2 is 1.97 bits per heavy atom. The first kappa shape index (κ1) is 22.7. The van der Waals surface area contributed by atoms with Crippen molar-refractivity contribution in [2.45, 2.75) is 53.1 Å². The van der Waals surface area contributed by atoms with Crippen molar-refractivity contribution < 1.29 is 14.3 Å². The van der Waals surface area contributed by atoms with E-state index in [2.05, 4.69) is 36.6 Å². The number of rotatable bonds is 5. The molecule has 1 aliphatic rings. The minimum atomic E-state index is -0.291. The molecule has 6 heteroatoms. The van der Waals surface area contributed by atoms with Gasteiger partial charge in [-0.1, -0.05) is 26.0 Å². The van der Waals surface area contributed by atoms with Gasteiger partial charge in [0.15, 0.2) is 0 Å². The highest BCUT2D eigenvalue weighted by Gasteiger charge is 2.36. The van der Waals surface area contributed by atoms with Crippen LogP contribution in [-0.2, 0) is 11.2 Å². The number of carbonyl (C=O) groups excluding carboxylic acids is 2. The van der Waals surface area contributed by atoms with Crippen molar-refractivity contribution in [2.75, 3.05) is 23.9 Å². The molecule has 0 saturated heterocycles. The van der Waals surface area contributed by atoms with Crippen molar-refractivity contribution in [3.05, 3.63) is 59.2 Å². The lowest BCUT2D eigenvalue weighted by Crippen LogP contribution is -2.43. The Morgan fingerprint density at radius 3 is 2.61 bits per heavy atom. The lowest BCUT2D eigenvalue weighted by Gasteiger charge is -2.41. The molecule has 0 aliphatic carbocycles. The van der Waals surface area contributed by atoms with Crippen molar-refractivity contribution in [2.24, 2.45) is 5.41 Å². The molecule has 31 heavy (non-hydrogen) atoms. The second kappa shape index (κ2) is 9.00. The van der Waals surface area contributed by atoms with Crippen LogP contribution in [0.5, 0.6) is 0 Å². The van der Waals surface area contributed by atoms with Crippen LogP contribution in [0.25, 0.3) is 0 Å². The number of benzene rings is 2. The molecule has 0 aromatic heterocycles. The highest BCUT2D eigenvalue weighted by Crippen LogP contribution is 2.45. The Balaban J connectivity index is 1.94. The average Bonchev–Trinajstić information content (AvgIpc) is 2.72. The van der Waals surface area contributed by atoms with Gasteiger partial charge in [-0.15, -0.1) is 0 Å². The van der Waals surface area contributed by atoms with Gasteiger partial charge in [-0.25, -0.2) is 9.59 Å². The zero-order valence-corrected chi connectivity index (χ0v) is 19.3. The van der Waals surface area contributed by atoms with Gasteiger partial charge in [0.25, 0.3) is 0 Å². The minimum Gasteiger partial charge on any atom is -0.462 e. The molecule has 0 saturated carbocycles. The van der Waals surface area contributed by atoms with E-state index >= 15 is 0 Å². The molecule has 2 N–H and O–H groups in total. The Labute approximate surface area is 185 Å². The monoisotopic (exact) mass is 423 g/mol. The number of nitrogens with one attached hydrogen (secondary N) is 2. The second-order valence-electron chi connectivity index (χ2n) is 8.95. The van der Waals surface area contributed by atoms with E-state index in [-0.39, 0.29) is 29.5 Å². The average molecular weight is 424 g/mol. The molecule has 0 bridgehead atoms. The summed E-state index contributed by atoms with van der Waals surface area (Å²) in [6.07, 6.45) is 0.820. The zero-order chi connectivity index (χ0) is 22.8. The van der Waals surface area contributed by atoms with E-state index < -0.39 is 0 Å². The van der Waals surface area contributed by atoms with Gasteiger partial charge in [-0.3, -0.25) is 4.90 Å². The summed E-state index contributed by atoms with van der Waals surface area (Å²) in [4.78, 5) is 26.3. The number of carbonyl (C=O) groups is 2. The van der Waals surface area contributed by atoms with Crippen LogP contribution in [0, 0.1) is 5.41 Å². The summed E-state index contributed by atoms with van der Waals surface area (Å²) in [6.45, 7) is 10.6. The fourth-order valence-corrected chi connectivity index (χ4v) is 4.33. The fraction of sp³-hybridized carbons (Fsp3) is 0.440. The number of ether oxygens (including phenoxy) is 1. The zero-order valence-electron chi connectivity index (χ0n) is 19.3. The van der Waals surface area contributed by atoms with E-state index in [1.165, 1.54) is 0 Å². The number of esters is 1. The van der Waals surface area contributed by atoms with Crippen molar-refractivity contribution in [1.82, 2.24) is 5.32 Å². The topological polar surface area (TPSA) is 70.7 Å². The molecule has 0 fully saturated rings. The van der Waals surface area contributed by atoms with Gasteiger partial charge in [0.2, 0.25) is 0 Å². The van der Waals surface area contributed by atoms with E-state index in [0.717, 1.165) is 28.9 Å². The lowest BCUT2D eigenvalue weighted by molar-refractivity contribution is 0.0526. The molecule has 0 spiro atoms. The van der Waals surface area contributed by atoms with E-state index in [9.17, 15) is 9.59 Å². The van der Waals surface area contributed by atoms with Crippen LogP contribution >= 0.6 is 0 Å². The summed E-state index contributed by atoms with van der Waals surface area (Å²) in [5, 5.41) is 6.40. The van der Waals surface area contributed by atoms with Crippen molar-refractivity contribution >= 4 is 23.4 Å². The Kier molecular flexibility index (Phi) is 6.58. The molecule has 2 aromatic carbocycles. The fourth-order valence-electron chi connectivity index (χ4n) is 4.33. The Bertz CT molecular complexity index is 968. The molecule has 1 unspecified atom stereocenters. The summed E-state index contributed by atoms with van der Waals surface area (Å²) in [5.74, 6) is -0.291. The first-order valence-corrected chi connectivity index (χ1v) is 10.9. The summed E-state index contributed by atoms with van der Waals surface area (Å²) < 4.78 is 5.15. The van der Waals surface area contributed by atoms with Crippen LogP contribution < -0.4 is 15.5 Å². The van der Waals surface area contributed by atoms with E-state index in [1.807, 2.05) is 51.1 Å². The molecule has 1 aliphatic heterocycles. The maximum atomic E-state index is 12.4. The minimum absolute atomic E-state index is 0.0320. The third-order valence-electron chi connectivity index (χ3n) is 5.77. The van der Waals surface area contributed by atoms with E-state index in [4.69, 9.17) is 4.74 Å². The Hall–Kier alpha value is -3.02. The third kappa shape index (κ3) is 4.68. The molecule has 0 radical (unpaired) electrons. The van der Waals surface area contributed by atoms with Crippen LogP contribution in [0.2, 0.25) is 0 Å². The molecule has 166 valence electrons. The van der Waals surface area contributed by atoms with Crippen molar-refractivity contribution in [3.63, 3.8) is 0 Å². The molecule has 2 amide bonds. The molecule has 1 atom stereocenters. The normalized spacial score (nSPS) is 16.8. The van der Waals surface area contributed by atoms with Gasteiger partial charge < -0.3 is 15.4 Å². The van der Waals surface area contributed by atoms with Gasteiger partial charge >= 0.3 is 12.0 Å². The number of urea groups is 1. The molecule has 3 rings (SSSR count). The van der Waals surface area contributed by atoms with Crippen LogP contribution in [0.4, 0.5) is 16.2 Å². The number of hydrogen-bond donors (Lipinski definition) is 2. The van der Waals surface area contributed by atoms with Gasteiger partial charge in [-0.2, -0.15) is 0 Å². The Morgan fingerprint density at radius 1 is 1.23 bits per heavy atom. The smallest absolute Gasteiger partial charge is 0.338 e. The van der Waals surface area contributed by atoms with Crippen molar-refractivity contribution in [3.8, 4) is 0 Å². The van der Waals surface area contributed by atoms with Gasteiger partial charge in [-0.05, 0) is 74.1 Å². The second-order valence-corrected chi connectivity index (χ2v) is 8.95. The molecular formula is C25H33N3O3. The van der Waals surface area contributed by atoms with Crippen LogP contribution in [-0.4, -0.2) is 31.7 Å². The molecule has 6 nitrogen and oxygen atoms in total. The number of anilines is 2. The van der Waals surface area contributed by atoms with Gasteiger partial charge in [0.05, 0.1) is 18.2 Å². The van der Waals surface area contributed by atoms with E-state index in [0.29, 0.717) is 12.2 Å². The predicted octanol–water partition coefficient (Wildman–Crippen LogP) is 5.15. The van der Waals surface area contributed by atoms with Gasteiger partial charge in [0, 0.05) is 24.5 Å². The predicted molar refractivity (Wildman–Crippen MR) is 125 cm³/mol. The van der Waals surface area contributed by atoms with Crippen LogP contribution in [0.1, 0.15) is 62.1 Å². The number of amides is 2.